The summed E-state index contributed by atoms with van der Waals surface area (Å²) in [6.07, 6.45) is 3.69. The van der Waals surface area contributed by atoms with Crippen LogP contribution in [0.25, 0.3) is 0 Å². The first-order chi connectivity index (χ1) is 8.66. The van der Waals surface area contributed by atoms with Crippen molar-refractivity contribution in [1.29, 1.82) is 0 Å². The monoisotopic (exact) mass is 250 g/mol. The summed E-state index contributed by atoms with van der Waals surface area (Å²) in [6, 6.07) is 5.04. The van der Waals surface area contributed by atoms with Gasteiger partial charge in [-0.3, -0.25) is 0 Å². The van der Waals surface area contributed by atoms with Crippen molar-refractivity contribution >= 4 is 5.97 Å². The largest absolute Gasteiger partial charge is 0.477 e. The van der Waals surface area contributed by atoms with Crippen LogP contribution in [0.1, 0.15) is 41.9 Å². The zero-order valence-electron chi connectivity index (χ0n) is 10.2. The molecule has 1 heterocycles. The van der Waals surface area contributed by atoms with Crippen molar-refractivity contribution in [3.05, 3.63) is 29.6 Å². The van der Waals surface area contributed by atoms with Gasteiger partial charge in [0.1, 0.15) is 5.69 Å². The molecule has 1 fully saturated rings. The Balaban J connectivity index is 1.93. The van der Waals surface area contributed by atoms with Gasteiger partial charge in [0.15, 0.2) is 0 Å². The van der Waals surface area contributed by atoms with E-state index in [9.17, 15) is 9.90 Å². The molecule has 1 aliphatic carbocycles. The van der Waals surface area contributed by atoms with E-state index in [1.54, 1.807) is 12.1 Å². The minimum atomic E-state index is -1.02. The number of hydrogen-bond donors (Lipinski definition) is 3. The van der Waals surface area contributed by atoms with Gasteiger partial charge in [0, 0.05) is 12.6 Å². The fourth-order valence-corrected chi connectivity index (χ4v) is 2.28. The van der Waals surface area contributed by atoms with E-state index in [1.165, 1.54) is 6.07 Å². The third kappa shape index (κ3) is 3.27. The third-order valence-corrected chi connectivity index (χ3v) is 3.30. The van der Waals surface area contributed by atoms with E-state index >= 15 is 0 Å². The molecule has 0 aliphatic heterocycles. The van der Waals surface area contributed by atoms with Gasteiger partial charge in [-0.25, -0.2) is 9.78 Å². The third-order valence-electron chi connectivity index (χ3n) is 3.30. The predicted molar refractivity (Wildman–Crippen MR) is 66.3 cm³/mol. The number of pyridine rings is 1. The van der Waals surface area contributed by atoms with Crippen molar-refractivity contribution < 1.29 is 15.0 Å². The molecule has 1 aliphatic rings. The van der Waals surface area contributed by atoms with E-state index in [0.717, 1.165) is 25.7 Å². The summed E-state index contributed by atoms with van der Waals surface area (Å²) < 4.78 is 0. The number of carboxylic acid groups (broad SMARTS) is 1. The molecule has 0 saturated heterocycles. The SMILES string of the molecule is O=C(O)c1cccc(CNC2CCCCC2O)n1. The quantitative estimate of drug-likeness (QED) is 0.747. The fraction of sp³-hybridized carbons (Fsp3) is 0.538. The maximum Gasteiger partial charge on any atom is 0.354 e. The molecule has 1 aromatic rings. The van der Waals surface area contributed by atoms with Gasteiger partial charge in [-0.1, -0.05) is 18.9 Å². The van der Waals surface area contributed by atoms with E-state index in [2.05, 4.69) is 10.3 Å². The van der Waals surface area contributed by atoms with Gasteiger partial charge in [0.2, 0.25) is 0 Å². The molecule has 5 heteroatoms. The molecular weight excluding hydrogens is 232 g/mol. The van der Waals surface area contributed by atoms with Crippen LogP contribution in [0.2, 0.25) is 0 Å². The summed E-state index contributed by atoms with van der Waals surface area (Å²) in [5, 5.41) is 21.9. The molecule has 2 unspecified atom stereocenters. The average Bonchev–Trinajstić information content (AvgIpc) is 2.38. The molecule has 0 spiro atoms. The van der Waals surface area contributed by atoms with Crippen molar-refractivity contribution in [1.82, 2.24) is 10.3 Å². The van der Waals surface area contributed by atoms with Crippen molar-refractivity contribution in [2.24, 2.45) is 0 Å². The summed E-state index contributed by atoms with van der Waals surface area (Å²) in [5.74, 6) is -1.02. The highest BCUT2D eigenvalue weighted by Crippen LogP contribution is 2.18. The molecule has 18 heavy (non-hydrogen) atoms. The van der Waals surface area contributed by atoms with Crippen molar-refractivity contribution in [2.45, 2.75) is 44.4 Å². The topological polar surface area (TPSA) is 82.5 Å². The molecule has 1 saturated carbocycles. The smallest absolute Gasteiger partial charge is 0.354 e. The Kier molecular flexibility index (Phi) is 4.28. The van der Waals surface area contributed by atoms with Crippen molar-refractivity contribution in [3.63, 3.8) is 0 Å². The first-order valence-electron chi connectivity index (χ1n) is 6.27. The van der Waals surface area contributed by atoms with E-state index in [0.29, 0.717) is 12.2 Å². The normalized spacial score (nSPS) is 23.8. The highest BCUT2D eigenvalue weighted by atomic mass is 16.4. The lowest BCUT2D eigenvalue weighted by atomic mass is 9.92. The van der Waals surface area contributed by atoms with E-state index < -0.39 is 5.97 Å². The lowest BCUT2D eigenvalue weighted by molar-refractivity contribution is 0.0689. The number of rotatable bonds is 4. The first-order valence-corrected chi connectivity index (χ1v) is 6.27. The maximum absolute atomic E-state index is 10.8. The second-order valence-electron chi connectivity index (χ2n) is 4.66. The Morgan fingerprint density at radius 2 is 2.17 bits per heavy atom. The van der Waals surface area contributed by atoms with Crippen LogP contribution in [0.15, 0.2) is 18.2 Å². The summed E-state index contributed by atoms with van der Waals surface area (Å²) in [6.45, 7) is 0.489. The number of aromatic carboxylic acids is 1. The molecule has 0 bridgehead atoms. The number of hydrogen-bond acceptors (Lipinski definition) is 4. The van der Waals surface area contributed by atoms with Crippen LogP contribution in [0.4, 0.5) is 0 Å². The maximum atomic E-state index is 10.8. The zero-order chi connectivity index (χ0) is 13.0. The van der Waals surface area contributed by atoms with Gasteiger partial charge in [-0.2, -0.15) is 0 Å². The summed E-state index contributed by atoms with van der Waals surface area (Å²) in [5.41, 5.74) is 0.742. The minimum absolute atomic E-state index is 0.0542. The molecule has 1 aromatic heterocycles. The number of nitrogens with zero attached hydrogens (tertiary/aromatic N) is 1. The lowest BCUT2D eigenvalue weighted by Gasteiger charge is -2.28. The fourth-order valence-electron chi connectivity index (χ4n) is 2.28. The number of nitrogens with one attached hydrogen (secondary N) is 1. The molecule has 5 nitrogen and oxygen atoms in total. The molecule has 3 N–H and O–H groups in total. The number of carbonyl (C=O) groups is 1. The average molecular weight is 250 g/mol. The van der Waals surface area contributed by atoms with Crippen LogP contribution >= 0.6 is 0 Å². The molecular formula is C13H18N2O3. The molecule has 0 radical (unpaired) electrons. The van der Waals surface area contributed by atoms with Crippen LogP contribution < -0.4 is 5.32 Å². The molecule has 0 amide bonds. The van der Waals surface area contributed by atoms with E-state index in [1.807, 2.05) is 0 Å². The standard InChI is InChI=1S/C13H18N2O3/c16-12-7-2-1-5-10(12)14-8-9-4-3-6-11(15-9)13(17)18/h3-4,6,10,12,14,16H,1-2,5,7-8H2,(H,17,18). The molecule has 0 aromatic carbocycles. The van der Waals surface area contributed by atoms with Crippen molar-refractivity contribution in [2.75, 3.05) is 0 Å². The second-order valence-corrected chi connectivity index (χ2v) is 4.66. The molecule has 2 rings (SSSR count). The van der Waals surface area contributed by atoms with Gasteiger partial charge in [0.25, 0.3) is 0 Å². The Morgan fingerprint density at radius 3 is 2.89 bits per heavy atom. The number of carboxylic acids is 1. The highest BCUT2D eigenvalue weighted by molar-refractivity contribution is 5.85. The highest BCUT2D eigenvalue weighted by Gasteiger charge is 2.22. The van der Waals surface area contributed by atoms with Gasteiger partial charge < -0.3 is 15.5 Å². The number of aliphatic hydroxyl groups is 1. The lowest BCUT2D eigenvalue weighted by Crippen LogP contribution is -2.41. The Morgan fingerprint density at radius 1 is 1.39 bits per heavy atom. The summed E-state index contributed by atoms with van der Waals surface area (Å²) >= 11 is 0. The summed E-state index contributed by atoms with van der Waals surface area (Å²) in [4.78, 5) is 14.8. The van der Waals surface area contributed by atoms with Crippen LogP contribution in [0.5, 0.6) is 0 Å². The molecule has 98 valence electrons. The molecule has 2 atom stereocenters. The second kappa shape index (κ2) is 5.93. The number of aromatic nitrogens is 1. The van der Waals surface area contributed by atoms with Crippen LogP contribution in [-0.2, 0) is 6.54 Å². The Hall–Kier alpha value is -1.46. The van der Waals surface area contributed by atoms with E-state index in [-0.39, 0.29) is 17.8 Å². The van der Waals surface area contributed by atoms with Crippen molar-refractivity contribution in [3.8, 4) is 0 Å². The first kappa shape index (κ1) is 13.0. The summed E-state index contributed by atoms with van der Waals surface area (Å²) in [7, 11) is 0. The predicted octanol–water partition coefficient (Wildman–Crippen LogP) is 1.17. The number of aliphatic hydroxyl groups excluding tert-OH is 1. The van der Waals surface area contributed by atoms with Crippen LogP contribution in [0, 0.1) is 0 Å². The zero-order valence-corrected chi connectivity index (χ0v) is 10.2. The Bertz CT molecular complexity index is 422. The van der Waals surface area contributed by atoms with Crippen LogP contribution in [0.3, 0.4) is 0 Å². The van der Waals surface area contributed by atoms with Gasteiger partial charge in [0.05, 0.1) is 11.8 Å². The van der Waals surface area contributed by atoms with Gasteiger partial charge in [-0.15, -0.1) is 0 Å². The van der Waals surface area contributed by atoms with E-state index in [4.69, 9.17) is 5.11 Å². The van der Waals surface area contributed by atoms with Crippen LogP contribution in [-0.4, -0.2) is 33.3 Å². The van der Waals surface area contributed by atoms with Gasteiger partial charge >= 0.3 is 5.97 Å². The van der Waals surface area contributed by atoms with Gasteiger partial charge in [-0.05, 0) is 25.0 Å². The Labute approximate surface area is 106 Å². The minimum Gasteiger partial charge on any atom is -0.477 e.